The number of hydrogen-bond donors (Lipinski definition) is 0. The fourth-order valence-electron chi connectivity index (χ4n) is 1.33. The lowest BCUT2D eigenvalue weighted by Gasteiger charge is -2.12. The highest BCUT2D eigenvalue weighted by atomic mass is 35.5. The van der Waals surface area contributed by atoms with E-state index in [9.17, 15) is 0 Å². The summed E-state index contributed by atoms with van der Waals surface area (Å²) in [5.41, 5.74) is 1.14. The molecule has 0 heterocycles. The Labute approximate surface area is 103 Å². The van der Waals surface area contributed by atoms with Gasteiger partial charge in [0.1, 0.15) is 5.75 Å². The first-order valence-corrected chi connectivity index (χ1v) is 5.96. The predicted octanol–water partition coefficient (Wildman–Crippen LogP) is 4.66. The van der Waals surface area contributed by atoms with Gasteiger partial charge in [0.15, 0.2) is 0 Å². The maximum absolute atomic E-state index is 6.05. The van der Waals surface area contributed by atoms with Crippen molar-refractivity contribution in [3.8, 4) is 5.75 Å². The fraction of sp³-hybridized carbons (Fsp3) is 0.429. The van der Waals surface area contributed by atoms with Gasteiger partial charge in [0, 0.05) is 5.02 Å². The molecule has 88 valence electrons. The maximum atomic E-state index is 6.05. The van der Waals surface area contributed by atoms with Gasteiger partial charge < -0.3 is 4.74 Å². The third-order valence-electron chi connectivity index (χ3n) is 2.36. The molecule has 1 unspecified atom stereocenters. The average molecular weight is 239 g/mol. The Morgan fingerprint density at radius 3 is 2.56 bits per heavy atom. The maximum Gasteiger partial charge on any atom is 0.121 e. The molecule has 2 heteroatoms. The van der Waals surface area contributed by atoms with Crippen LogP contribution in [0, 0.1) is 5.92 Å². The van der Waals surface area contributed by atoms with Crippen molar-refractivity contribution in [2.24, 2.45) is 5.92 Å². The van der Waals surface area contributed by atoms with E-state index < -0.39 is 0 Å². The number of benzene rings is 1. The lowest BCUT2D eigenvalue weighted by Crippen LogP contribution is -2.04. The van der Waals surface area contributed by atoms with E-state index in [4.69, 9.17) is 16.3 Å². The molecular weight excluding hydrogens is 220 g/mol. The molecule has 1 aromatic carbocycles. The van der Waals surface area contributed by atoms with E-state index in [1.165, 1.54) is 0 Å². The van der Waals surface area contributed by atoms with Crippen LogP contribution in [0.4, 0.5) is 0 Å². The topological polar surface area (TPSA) is 9.23 Å². The van der Waals surface area contributed by atoms with Gasteiger partial charge >= 0.3 is 0 Å². The first-order chi connectivity index (χ1) is 7.52. The highest BCUT2D eigenvalue weighted by Crippen LogP contribution is 2.26. The van der Waals surface area contributed by atoms with E-state index in [-0.39, 0.29) is 0 Å². The fourth-order valence-corrected chi connectivity index (χ4v) is 1.56. The van der Waals surface area contributed by atoms with E-state index in [1.54, 1.807) is 0 Å². The molecular formula is C14H19ClO. The summed E-state index contributed by atoms with van der Waals surface area (Å²) in [5, 5.41) is 0.713. The first kappa shape index (κ1) is 13.1. The molecule has 0 amide bonds. The Balaban J connectivity index is 2.85. The lowest BCUT2D eigenvalue weighted by molar-refractivity contribution is 0.271. The van der Waals surface area contributed by atoms with Gasteiger partial charge in [-0.3, -0.25) is 0 Å². The Hall–Kier alpha value is -0.950. The van der Waals surface area contributed by atoms with Crippen molar-refractivity contribution in [2.75, 3.05) is 6.61 Å². The monoisotopic (exact) mass is 238 g/mol. The van der Waals surface area contributed by atoms with Crippen LogP contribution in [0.1, 0.15) is 32.3 Å². The van der Waals surface area contributed by atoms with Gasteiger partial charge in [-0.15, -0.1) is 6.58 Å². The summed E-state index contributed by atoms with van der Waals surface area (Å²) in [7, 11) is 0. The normalized spacial score (nSPS) is 12.6. The number of hydrogen-bond acceptors (Lipinski definition) is 1. The van der Waals surface area contributed by atoms with Crippen molar-refractivity contribution in [3.63, 3.8) is 0 Å². The summed E-state index contributed by atoms with van der Waals surface area (Å²) >= 11 is 6.05. The van der Waals surface area contributed by atoms with Crippen LogP contribution in [-0.2, 0) is 0 Å². The van der Waals surface area contributed by atoms with E-state index in [0.717, 1.165) is 11.3 Å². The molecule has 0 saturated heterocycles. The standard InChI is InChI=1S/C14H19ClO/c1-5-11(4)12-6-13(15)8-14(7-12)16-9-10(2)3/h5-8,10-11H,1,9H2,2-4H3. The van der Waals surface area contributed by atoms with Crippen molar-refractivity contribution in [3.05, 3.63) is 41.4 Å². The smallest absolute Gasteiger partial charge is 0.121 e. The molecule has 0 N–H and O–H groups in total. The Morgan fingerprint density at radius 2 is 2.00 bits per heavy atom. The Morgan fingerprint density at radius 1 is 1.31 bits per heavy atom. The lowest BCUT2D eigenvalue weighted by atomic mass is 10.0. The third kappa shape index (κ3) is 3.90. The minimum atomic E-state index is 0.292. The van der Waals surface area contributed by atoms with Crippen molar-refractivity contribution in [2.45, 2.75) is 26.7 Å². The average Bonchev–Trinajstić information content (AvgIpc) is 2.24. The first-order valence-electron chi connectivity index (χ1n) is 5.58. The molecule has 1 rings (SSSR count). The summed E-state index contributed by atoms with van der Waals surface area (Å²) in [4.78, 5) is 0. The van der Waals surface area contributed by atoms with Crippen LogP contribution in [0.3, 0.4) is 0 Å². The van der Waals surface area contributed by atoms with Crippen LogP contribution in [0.25, 0.3) is 0 Å². The quantitative estimate of drug-likeness (QED) is 0.678. The molecule has 0 aromatic heterocycles. The molecule has 0 aliphatic rings. The van der Waals surface area contributed by atoms with E-state index in [0.29, 0.717) is 23.5 Å². The zero-order valence-electron chi connectivity index (χ0n) is 10.2. The zero-order valence-corrected chi connectivity index (χ0v) is 10.9. The second kappa shape index (κ2) is 5.95. The van der Waals surface area contributed by atoms with E-state index in [1.807, 2.05) is 24.3 Å². The summed E-state index contributed by atoms with van der Waals surface area (Å²) in [6.45, 7) is 10.8. The minimum Gasteiger partial charge on any atom is -0.493 e. The second-order valence-corrected chi connectivity index (χ2v) is 4.89. The highest BCUT2D eigenvalue weighted by Gasteiger charge is 2.06. The van der Waals surface area contributed by atoms with Gasteiger partial charge in [0.2, 0.25) is 0 Å². The number of halogens is 1. The summed E-state index contributed by atoms with van der Waals surface area (Å²) in [6, 6.07) is 5.83. The predicted molar refractivity (Wildman–Crippen MR) is 70.4 cm³/mol. The van der Waals surface area contributed by atoms with Gasteiger partial charge in [-0.25, -0.2) is 0 Å². The molecule has 1 atom stereocenters. The van der Waals surface area contributed by atoms with Crippen LogP contribution in [0.15, 0.2) is 30.9 Å². The summed E-state index contributed by atoms with van der Waals surface area (Å²) in [5.74, 6) is 1.64. The largest absolute Gasteiger partial charge is 0.493 e. The third-order valence-corrected chi connectivity index (χ3v) is 2.57. The van der Waals surface area contributed by atoms with Gasteiger partial charge in [0.25, 0.3) is 0 Å². The van der Waals surface area contributed by atoms with Crippen molar-refractivity contribution >= 4 is 11.6 Å². The highest BCUT2D eigenvalue weighted by molar-refractivity contribution is 6.30. The van der Waals surface area contributed by atoms with Crippen molar-refractivity contribution in [1.82, 2.24) is 0 Å². The molecule has 1 nitrogen and oxygen atoms in total. The van der Waals surface area contributed by atoms with Gasteiger partial charge in [-0.2, -0.15) is 0 Å². The van der Waals surface area contributed by atoms with Crippen LogP contribution in [0.2, 0.25) is 5.02 Å². The zero-order chi connectivity index (χ0) is 12.1. The Kier molecular flexibility index (Phi) is 4.88. The SMILES string of the molecule is C=CC(C)c1cc(Cl)cc(OCC(C)C)c1. The summed E-state index contributed by atoms with van der Waals surface area (Å²) < 4.78 is 5.66. The van der Waals surface area contributed by atoms with Crippen LogP contribution < -0.4 is 4.74 Å². The van der Waals surface area contributed by atoms with Crippen LogP contribution >= 0.6 is 11.6 Å². The molecule has 0 aliphatic heterocycles. The van der Waals surface area contributed by atoms with Crippen LogP contribution in [-0.4, -0.2) is 6.61 Å². The second-order valence-electron chi connectivity index (χ2n) is 4.45. The molecule has 1 aromatic rings. The molecule has 0 radical (unpaired) electrons. The number of ether oxygens (including phenoxy) is 1. The molecule has 16 heavy (non-hydrogen) atoms. The Bertz CT molecular complexity index is 358. The summed E-state index contributed by atoms with van der Waals surface area (Å²) in [6.07, 6.45) is 1.90. The molecule has 0 aliphatic carbocycles. The molecule has 0 saturated carbocycles. The van der Waals surface area contributed by atoms with Gasteiger partial charge in [0.05, 0.1) is 6.61 Å². The number of rotatable bonds is 5. The van der Waals surface area contributed by atoms with Crippen LogP contribution in [0.5, 0.6) is 5.75 Å². The van der Waals surface area contributed by atoms with Crippen molar-refractivity contribution < 1.29 is 4.74 Å². The van der Waals surface area contributed by atoms with Gasteiger partial charge in [-0.05, 0) is 35.6 Å². The minimum absolute atomic E-state index is 0.292. The van der Waals surface area contributed by atoms with E-state index >= 15 is 0 Å². The molecule has 0 bridgehead atoms. The van der Waals surface area contributed by atoms with E-state index in [2.05, 4.69) is 27.4 Å². The molecule has 0 spiro atoms. The number of allylic oxidation sites excluding steroid dienone is 1. The van der Waals surface area contributed by atoms with Crippen molar-refractivity contribution in [1.29, 1.82) is 0 Å². The molecule has 0 fully saturated rings. The van der Waals surface area contributed by atoms with Gasteiger partial charge in [-0.1, -0.05) is 38.4 Å².